The van der Waals surface area contributed by atoms with Crippen LogP contribution in [0.5, 0.6) is 11.5 Å². The van der Waals surface area contributed by atoms with Crippen LogP contribution in [0.4, 0.5) is 0 Å². The molecule has 7 heteroatoms. The molecule has 0 unspecified atom stereocenters. The highest BCUT2D eigenvalue weighted by Gasteiger charge is 2.24. The van der Waals surface area contributed by atoms with Gasteiger partial charge in [0.15, 0.2) is 17.3 Å². The second-order valence-electron chi connectivity index (χ2n) is 6.98. The van der Waals surface area contributed by atoms with Crippen LogP contribution in [0.1, 0.15) is 11.1 Å². The Labute approximate surface area is 181 Å². The van der Waals surface area contributed by atoms with Gasteiger partial charge in [-0.2, -0.15) is 0 Å². The molecule has 0 N–H and O–H groups in total. The first-order chi connectivity index (χ1) is 15.0. The molecule has 0 radical (unpaired) electrons. The van der Waals surface area contributed by atoms with Gasteiger partial charge < -0.3 is 9.47 Å². The van der Waals surface area contributed by atoms with Crippen molar-refractivity contribution in [2.24, 2.45) is 0 Å². The largest absolute Gasteiger partial charge is 0.493 e. The number of para-hydroxylation sites is 1. The van der Waals surface area contributed by atoms with Gasteiger partial charge in [0.25, 0.3) is 10.0 Å². The fourth-order valence-corrected chi connectivity index (χ4v) is 4.66. The van der Waals surface area contributed by atoms with E-state index < -0.39 is 10.0 Å². The molecular formula is C24H22N2O4S. The van der Waals surface area contributed by atoms with E-state index in [0.717, 1.165) is 15.1 Å². The first-order valence-corrected chi connectivity index (χ1v) is 11.1. The van der Waals surface area contributed by atoms with Gasteiger partial charge in [0.2, 0.25) is 0 Å². The Balaban J connectivity index is 1.77. The zero-order chi connectivity index (χ0) is 21.8. The number of aryl methyl sites for hydroxylation is 1. The molecule has 0 aliphatic carbocycles. The highest BCUT2D eigenvalue weighted by Crippen LogP contribution is 2.38. The smallest absolute Gasteiger partial charge is 0.269 e. The summed E-state index contributed by atoms with van der Waals surface area (Å²) in [6, 6.07) is 21.6. The number of hydrogen-bond donors (Lipinski definition) is 0. The number of ether oxygens (including phenoxy) is 2. The fraction of sp³-hybridized carbons (Fsp3) is 0.125. The van der Waals surface area contributed by atoms with Crippen LogP contribution in [0.3, 0.4) is 0 Å². The molecule has 0 amide bonds. The lowest BCUT2D eigenvalue weighted by Gasteiger charge is -2.16. The summed E-state index contributed by atoms with van der Waals surface area (Å²) in [6.07, 6.45) is 2.89. The third-order valence-corrected chi connectivity index (χ3v) is 6.49. The van der Waals surface area contributed by atoms with Crippen molar-refractivity contribution in [3.8, 4) is 22.9 Å². The minimum atomic E-state index is -3.83. The van der Waals surface area contributed by atoms with E-state index in [4.69, 9.17) is 9.47 Å². The molecule has 0 fully saturated rings. The lowest BCUT2D eigenvalue weighted by molar-refractivity contribution is 0.285. The van der Waals surface area contributed by atoms with Crippen molar-refractivity contribution in [3.63, 3.8) is 0 Å². The Hall–Kier alpha value is -3.58. The van der Waals surface area contributed by atoms with Crippen LogP contribution >= 0.6 is 0 Å². The normalized spacial score (nSPS) is 11.3. The van der Waals surface area contributed by atoms with Crippen molar-refractivity contribution in [3.05, 3.63) is 96.3 Å². The Morgan fingerprint density at radius 3 is 2.48 bits per heavy atom. The molecular weight excluding hydrogens is 412 g/mol. The lowest BCUT2D eigenvalue weighted by Crippen LogP contribution is -2.14. The summed E-state index contributed by atoms with van der Waals surface area (Å²) >= 11 is 0. The van der Waals surface area contributed by atoms with Gasteiger partial charge in [-0.15, -0.1) is 0 Å². The van der Waals surface area contributed by atoms with Crippen molar-refractivity contribution in [1.29, 1.82) is 0 Å². The minimum Gasteiger partial charge on any atom is -0.493 e. The first-order valence-electron chi connectivity index (χ1n) is 9.70. The molecule has 6 nitrogen and oxygen atoms in total. The average molecular weight is 435 g/mol. The van der Waals surface area contributed by atoms with Crippen LogP contribution in [0, 0.1) is 6.92 Å². The van der Waals surface area contributed by atoms with Gasteiger partial charge in [0.1, 0.15) is 6.61 Å². The number of nitrogens with zero attached hydrogens (tertiary/aromatic N) is 2. The third kappa shape index (κ3) is 4.18. The predicted molar refractivity (Wildman–Crippen MR) is 119 cm³/mol. The number of methoxy groups -OCH3 is 1. The second kappa shape index (κ2) is 8.65. The van der Waals surface area contributed by atoms with E-state index in [1.165, 1.54) is 12.4 Å². The molecule has 1 heterocycles. The van der Waals surface area contributed by atoms with Crippen LogP contribution in [-0.4, -0.2) is 24.5 Å². The molecule has 158 valence electrons. The van der Waals surface area contributed by atoms with Gasteiger partial charge in [-0.1, -0.05) is 54.1 Å². The van der Waals surface area contributed by atoms with Gasteiger partial charge >= 0.3 is 0 Å². The average Bonchev–Trinajstić information content (AvgIpc) is 3.29. The lowest BCUT2D eigenvalue weighted by atomic mass is 10.1. The maximum atomic E-state index is 13.2. The summed E-state index contributed by atoms with van der Waals surface area (Å²) in [5.74, 6) is 1.18. The standard InChI is InChI=1S/C24H22N2O4S/c1-18-8-6-9-19(16-18)17-30-23-21(12-7-13-22(23)29-2)24-25-14-15-26(24)31(27,28)20-10-4-3-5-11-20/h3-16H,17H2,1-2H3. The summed E-state index contributed by atoms with van der Waals surface area (Å²) in [5.41, 5.74) is 2.65. The molecule has 0 saturated carbocycles. The van der Waals surface area contributed by atoms with Gasteiger partial charge in [0, 0.05) is 12.4 Å². The number of imidazole rings is 1. The second-order valence-corrected chi connectivity index (χ2v) is 8.79. The number of benzene rings is 3. The summed E-state index contributed by atoms with van der Waals surface area (Å²) in [6.45, 7) is 2.32. The molecule has 4 aromatic rings. The van der Waals surface area contributed by atoms with E-state index in [1.54, 1.807) is 55.6 Å². The molecule has 0 saturated heterocycles. The molecule has 0 aliphatic heterocycles. The topological polar surface area (TPSA) is 70.4 Å². The Bertz CT molecular complexity index is 1300. The van der Waals surface area contributed by atoms with Crippen LogP contribution < -0.4 is 9.47 Å². The molecule has 4 rings (SSSR count). The van der Waals surface area contributed by atoms with Crippen molar-refractivity contribution < 1.29 is 17.9 Å². The van der Waals surface area contributed by atoms with Crippen LogP contribution in [-0.2, 0) is 16.6 Å². The van der Waals surface area contributed by atoms with E-state index in [-0.39, 0.29) is 10.7 Å². The van der Waals surface area contributed by atoms with Gasteiger partial charge in [0.05, 0.1) is 17.6 Å². The Kier molecular flexibility index (Phi) is 5.77. The first kappa shape index (κ1) is 20.7. The molecule has 0 bridgehead atoms. The quantitative estimate of drug-likeness (QED) is 0.422. The predicted octanol–water partition coefficient (Wildman–Crippen LogP) is 4.68. The van der Waals surface area contributed by atoms with E-state index >= 15 is 0 Å². The van der Waals surface area contributed by atoms with Gasteiger partial charge in [-0.05, 0) is 36.8 Å². The monoisotopic (exact) mass is 434 g/mol. The summed E-state index contributed by atoms with van der Waals surface area (Å²) in [4.78, 5) is 4.51. The molecule has 0 atom stereocenters. The summed E-state index contributed by atoms with van der Waals surface area (Å²) in [7, 11) is -2.28. The number of rotatable bonds is 7. The zero-order valence-electron chi connectivity index (χ0n) is 17.2. The van der Waals surface area contributed by atoms with Gasteiger partial charge in [-0.3, -0.25) is 0 Å². The summed E-state index contributed by atoms with van der Waals surface area (Å²) in [5, 5.41) is 0. The van der Waals surface area contributed by atoms with Crippen LogP contribution in [0.2, 0.25) is 0 Å². The Morgan fingerprint density at radius 1 is 0.968 bits per heavy atom. The highest BCUT2D eigenvalue weighted by atomic mass is 32.2. The van der Waals surface area contributed by atoms with Crippen molar-refractivity contribution in [2.45, 2.75) is 18.4 Å². The van der Waals surface area contributed by atoms with Gasteiger partial charge in [-0.25, -0.2) is 17.4 Å². The molecule has 0 spiro atoms. The van der Waals surface area contributed by atoms with Crippen molar-refractivity contribution in [2.75, 3.05) is 7.11 Å². The van der Waals surface area contributed by atoms with Crippen molar-refractivity contribution >= 4 is 10.0 Å². The Morgan fingerprint density at radius 2 is 1.74 bits per heavy atom. The maximum Gasteiger partial charge on any atom is 0.269 e. The third-order valence-electron chi connectivity index (χ3n) is 4.81. The van der Waals surface area contributed by atoms with Crippen LogP contribution in [0.15, 0.2) is 90.1 Å². The number of aromatic nitrogens is 2. The van der Waals surface area contributed by atoms with Crippen molar-refractivity contribution in [1.82, 2.24) is 8.96 Å². The fourth-order valence-electron chi connectivity index (χ4n) is 3.34. The molecule has 3 aromatic carbocycles. The molecule has 1 aromatic heterocycles. The van der Waals surface area contributed by atoms with E-state index in [9.17, 15) is 8.42 Å². The SMILES string of the molecule is COc1cccc(-c2nccn2S(=O)(=O)c2ccccc2)c1OCc1cccc(C)c1. The molecule has 31 heavy (non-hydrogen) atoms. The van der Waals surface area contributed by atoms with E-state index in [2.05, 4.69) is 4.98 Å². The summed E-state index contributed by atoms with van der Waals surface area (Å²) < 4.78 is 39.2. The van der Waals surface area contributed by atoms with Crippen LogP contribution in [0.25, 0.3) is 11.4 Å². The highest BCUT2D eigenvalue weighted by molar-refractivity contribution is 7.90. The minimum absolute atomic E-state index is 0.180. The van der Waals surface area contributed by atoms with E-state index in [1.807, 2.05) is 31.2 Å². The zero-order valence-corrected chi connectivity index (χ0v) is 18.0. The number of hydrogen-bond acceptors (Lipinski definition) is 5. The van der Waals surface area contributed by atoms with E-state index in [0.29, 0.717) is 23.7 Å². The maximum absolute atomic E-state index is 13.2. The molecule has 0 aliphatic rings.